The molecule has 30 heavy (non-hydrogen) atoms. The van der Waals surface area contributed by atoms with E-state index in [1.165, 1.54) is 36.4 Å². The first-order valence-electron chi connectivity index (χ1n) is 8.44. The van der Waals surface area contributed by atoms with Crippen molar-refractivity contribution < 1.29 is 30.7 Å². The van der Waals surface area contributed by atoms with Crippen LogP contribution < -0.4 is 9.04 Å². The van der Waals surface area contributed by atoms with Crippen molar-refractivity contribution in [1.82, 2.24) is 0 Å². The third kappa shape index (κ3) is 4.68. The molecule has 10 heteroatoms. The number of hydrogen-bond acceptors (Lipinski definition) is 3. The Morgan fingerprint density at radius 2 is 1.53 bits per heavy atom. The van der Waals surface area contributed by atoms with Gasteiger partial charge in [-0.05, 0) is 29.8 Å². The molecule has 0 aliphatic rings. The van der Waals surface area contributed by atoms with Crippen LogP contribution in [0.25, 0.3) is 0 Å². The largest absolute Gasteiger partial charge is 0.516 e. The lowest BCUT2D eigenvalue weighted by Gasteiger charge is -2.27. The Morgan fingerprint density at radius 1 is 0.900 bits per heavy atom. The zero-order valence-electron chi connectivity index (χ0n) is 15.1. The fraction of sp³-hybridized carbons (Fsp3) is 0.100. The molecule has 3 rings (SSSR count). The van der Waals surface area contributed by atoms with Gasteiger partial charge in [0.1, 0.15) is 0 Å². The van der Waals surface area contributed by atoms with E-state index >= 15 is 0 Å². The predicted molar refractivity (Wildman–Crippen MR) is 106 cm³/mol. The molecule has 3 aromatic carbocycles. The molecule has 0 spiro atoms. The monoisotopic (exact) mass is 459 g/mol. The van der Waals surface area contributed by atoms with Crippen LogP contribution in [0.3, 0.4) is 0 Å². The number of anilines is 1. The van der Waals surface area contributed by atoms with Crippen molar-refractivity contribution in [1.29, 1.82) is 0 Å². The molecule has 0 amide bonds. The number of sulfonamides is 1. The molecular weight excluding hydrogens is 446 g/mol. The van der Waals surface area contributed by atoms with E-state index in [-0.39, 0.29) is 20.8 Å². The zero-order valence-corrected chi connectivity index (χ0v) is 16.7. The lowest BCUT2D eigenvalue weighted by atomic mass is 10.2. The molecule has 0 aromatic heterocycles. The molecule has 4 nitrogen and oxygen atoms in total. The Balaban J connectivity index is 2.15. The summed E-state index contributed by atoms with van der Waals surface area (Å²) in [6, 6.07) is 16.3. The van der Waals surface area contributed by atoms with E-state index in [2.05, 4.69) is 0 Å². The second-order valence-corrected chi connectivity index (χ2v) is 8.38. The van der Waals surface area contributed by atoms with Gasteiger partial charge >= 0.3 is 15.5 Å². The number of ether oxygens (including phenoxy) is 1. The normalized spacial score (nSPS) is 11.9. The van der Waals surface area contributed by atoms with Gasteiger partial charge in [0, 0.05) is 11.1 Å². The van der Waals surface area contributed by atoms with Crippen molar-refractivity contribution in [2.24, 2.45) is 0 Å². The first kappa shape index (κ1) is 21.9. The van der Waals surface area contributed by atoms with E-state index in [1.54, 1.807) is 18.2 Å². The molecule has 0 saturated heterocycles. The van der Waals surface area contributed by atoms with Gasteiger partial charge in [-0.25, -0.2) is 4.39 Å². The summed E-state index contributed by atoms with van der Waals surface area (Å²) in [6.45, 7) is -0.627. The van der Waals surface area contributed by atoms with E-state index in [9.17, 15) is 26.0 Å². The van der Waals surface area contributed by atoms with Crippen molar-refractivity contribution in [3.63, 3.8) is 0 Å². The first-order valence-corrected chi connectivity index (χ1v) is 10.3. The Kier molecular flexibility index (Phi) is 6.23. The topological polar surface area (TPSA) is 46.6 Å². The van der Waals surface area contributed by atoms with Gasteiger partial charge in [-0.1, -0.05) is 54.1 Å². The van der Waals surface area contributed by atoms with Gasteiger partial charge in [0.25, 0.3) is 0 Å². The highest BCUT2D eigenvalue weighted by molar-refractivity contribution is 7.93. The van der Waals surface area contributed by atoms with E-state index in [4.69, 9.17) is 16.3 Å². The second kappa shape index (κ2) is 8.53. The molecule has 0 N–H and O–H groups in total. The lowest BCUT2D eigenvalue weighted by molar-refractivity contribution is -0.0438. The summed E-state index contributed by atoms with van der Waals surface area (Å²) in [5, 5.41) is 0.0640. The summed E-state index contributed by atoms with van der Waals surface area (Å²) in [4.78, 5) is 0. The quantitative estimate of drug-likeness (QED) is 0.417. The van der Waals surface area contributed by atoms with E-state index in [0.29, 0.717) is 5.56 Å². The molecule has 0 bridgehead atoms. The number of rotatable bonds is 6. The average molecular weight is 460 g/mol. The van der Waals surface area contributed by atoms with Crippen LogP contribution in [-0.2, 0) is 16.6 Å². The Morgan fingerprint density at radius 3 is 2.17 bits per heavy atom. The number of hydrogen-bond donors (Lipinski definition) is 0. The third-order valence-corrected chi connectivity index (χ3v) is 5.72. The Hall–Kier alpha value is -2.78. The summed E-state index contributed by atoms with van der Waals surface area (Å²) in [7, 11) is -5.81. The van der Waals surface area contributed by atoms with Crippen LogP contribution in [0.1, 0.15) is 5.56 Å². The number of alkyl halides is 3. The van der Waals surface area contributed by atoms with Gasteiger partial charge in [-0.2, -0.15) is 21.6 Å². The molecule has 3 aromatic rings. The SMILES string of the molecule is O=S(=O)(N(Cc1ccccc1)c1ccc(Cl)cc1Oc1ccccc1F)C(F)(F)F. The maximum atomic E-state index is 14.0. The highest BCUT2D eigenvalue weighted by Crippen LogP contribution is 2.40. The van der Waals surface area contributed by atoms with Gasteiger partial charge < -0.3 is 4.74 Å². The highest BCUT2D eigenvalue weighted by Gasteiger charge is 2.50. The molecule has 0 atom stereocenters. The molecule has 158 valence electrons. The average Bonchev–Trinajstić information content (AvgIpc) is 2.68. The minimum absolute atomic E-state index is 0.0640. The Labute approximate surface area is 175 Å². The highest BCUT2D eigenvalue weighted by atomic mass is 35.5. The summed E-state index contributed by atoms with van der Waals surface area (Å²) < 4.78 is 84.5. The fourth-order valence-electron chi connectivity index (χ4n) is 2.60. The minimum Gasteiger partial charge on any atom is -0.452 e. The summed E-state index contributed by atoms with van der Waals surface area (Å²) in [6.07, 6.45) is 0. The third-order valence-electron chi connectivity index (χ3n) is 4.00. The van der Waals surface area contributed by atoms with Crippen molar-refractivity contribution in [2.75, 3.05) is 4.31 Å². The van der Waals surface area contributed by atoms with Crippen molar-refractivity contribution in [3.05, 3.63) is 89.2 Å². The van der Waals surface area contributed by atoms with Gasteiger partial charge in [-0.15, -0.1) is 0 Å². The van der Waals surface area contributed by atoms with Crippen LogP contribution in [0, 0.1) is 5.82 Å². The molecule has 0 aliphatic heterocycles. The van der Waals surface area contributed by atoms with Crippen LogP contribution >= 0.6 is 11.6 Å². The maximum Gasteiger partial charge on any atom is 0.516 e. The number of nitrogens with zero attached hydrogens (tertiary/aromatic N) is 1. The van der Waals surface area contributed by atoms with Gasteiger partial charge in [0.15, 0.2) is 17.3 Å². The molecule has 0 unspecified atom stereocenters. The van der Waals surface area contributed by atoms with Gasteiger partial charge in [0.05, 0.1) is 12.2 Å². The van der Waals surface area contributed by atoms with Crippen molar-refractivity contribution in [3.8, 4) is 11.5 Å². The van der Waals surface area contributed by atoms with Crippen LogP contribution in [0.15, 0.2) is 72.8 Å². The van der Waals surface area contributed by atoms with Gasteiger partial charge in [0.2, 0.25) is 0 Å². The molecule has 0 aliphatic carbocycles. The molecule has 0 saturated carbocycles. The standard InChI is InChI=1S/C20H14ClF4NO3S/c21-15-10-11-17(19(12-15)29-18-9-5-4-8-16(18)22)26(30(27,28)20(23,24)25)13-14-6-2-1-3-7-14/h1-12H,13H2. The summed E-state index contributed by atoms with van der Waals surface area (Å²) in [5.41, 5.74) is -5.71. The zero-order chi connectivity index (χ0) is 21.9. The number of para-hydroxylation sites is 1. The van der Waals surface area contributed by atoms with Crippen molar-refractivity contribution >= 4 is 27.3 Å². The molecule has 0 radical (unpaired) electrons. The Bertz CT molecular complexity index is 1140. The number of halogens is 5. The van der Waals surface area contributed by atoms with Crippen LogP contribution in [0.2, 0.25) is 5.02 Å². The second-order valence-electron chi connectivity index (χ2n) is 6.09. The summed E-state index contributed by atoms with van der Waals surface area (Å²) >= 11 is 5.93. The van der Waals surface area contributed by atoms with E-state index in [1.807, 2.05) is 0 Å². The van der Waals surface area contributed by atoms with Gasteiger partial charge in [-0.3, -0.25) is 4.31 Å². The lowest BCUT2D eigenvalue weighted by Crippen LogP contribution is -2.40. The minimum atomic E-state index is -5.81. The predicted octanol–water partition coefficient (Wildman–Crippen LogP) is 6.13. The summed E-state index contributed by atoms with van der Waals surface area (Å²) in [5.74, 6) is -1.43. The molecular formula is C20H14ClF4NO3S. The van der Waals surface area contributed by atoms with Crippen molar-refractivity contribution in [2.45, 2.75) is 12.1 Å². The van der Waals surface area contributed by atoms with E-state index < -0.39 is 33.6 Å². The smallest absolute Gasteiger partial charge is 0.452 e. The van der Waals surface area contributed by atoms with Crippen LogP contribution in [0.4, 0.5) is 23.2 Å². The maximum absolute atomic E-state index is 14.0. The van der Waals surface area contributed by atoms with Crippen LogP contribution in [0.5, 0.6) is 11.5 Å². The molecule has 0 heterocycles. The number of benzene rings is 3. The first-order chi connectivity index (χ1) is 14.1. The van der Waals surface area contributed by atoms with Crippen LogP contribution in [-0.4, -0.2) is 13.9 Å². The molecule has 0 fully saturated rings. The van der Waals surface area contributed by atoms with E-state index in [0.717, 1.165) is 18.2 Å². The fourth-order valence-corrected chi connectivity index (χ4v) is 3.74.